The van der Waals surface area contributed by atoms with Gasteiger partial charge in [-0.3, -0.25) is 4.79 Å². The number of halogens is 1. The van der Waals surface area contributed by atoms with Crippen molar-refractivity contribution in [3.63, 3.8) is 0 Å². The van der Waals surface area contributed by atoms with E-state index in [0.717, 1.165) is 31.8 Å². The van der Waals surface area contributed by atoms with Crippen molar-refractivity contribution in [1.82, 2.24) is 4.90 Å². The summed E-state index contributed by atoms with van der Waals surface area (Å²) in [6.45, 7) is 3.89. The maximum Gasteiger partial charge on any atom is 0.253 e. The van der Waals surface area contributed by atoms with Crippen LogP contribution in [-0.2, 0) is 0 Å². The lowest BCUT2D eigenvalue weighted by molar-refractivity contribution is 0.0686. The molecule has 3 heteroatoms. The average molecular weight is 263 g/mol. The van der Waals surface area contributed by atoms with E-state index in [0.29, 0.717) is 5.56 Å². The fraction of sp³-hybridized carbons (Fsp3) is 0.562. The van der Waals surface area contributed by atoms with Gasteiger partial charge in [0.15, 0.2) is 0 Å². The molecule has 0 aliphatic carbocycles. The van der Waals surface area contributed by atoms with E-state index in [1.165, 1.54) is 31.4 Å². The van der Waals surface area contributed by atoms with Crippen molar-refractivity contribution >= 4 is 5.91 Å². The van der Waals surface area contributed by atoms with Crippen molar-refractivity contribution in [3.8, 4) is 0 Å². The largest absolute Gasteiger partial charge is 0.339 e. The van der Waals surface area contributed by atoms with E-state index in [9.17, 15) is 9.18 Å². The minimum atomic E-state index is -0.296. The summed E-state index contributed by atoms with van der Waals surface area (Å²) in [6.07, 6.45) is 6.03. The molecule has 1 amide bonds. The van der Waals surface area contributed by atoms with Crippen LogP contribution in [0.4, 0.5) is 4.39 Å². The van der Waals surface area contributed by atoms with Crippen LogP contribution in [0.1, 0.15) is 49.4 Å². The van der Waals surface area contributed by atoms with Gasteiger partial charge in [0, 0.05) is 18.7 Å². The SMILES string of the molecule is CCCCC1CCN(C(=O)c2ccc(F)cc2)CC1. The van der Waals surface area contributed by atoms with E-state index < -0.39 is 0 Å². The number of piperidine rings is 1. The summed E-state index contributed by atoms with van der Waals surface area (Å²) in [5.41, 5.74) is 0.591. The highest BCUT2D eigenvalue weighted by Crippen LogP contribution is 2.23. The zero-order valence-electron chi connectivity index (χ0n) is 11.6. The van der Waals surface area contributed by atoms with Gasteiger partial charge in [-0.2, -0.15) is 0 Å². The number of carbonyl (C=O) groups is 1. The highest BCUT2D eigenvalue weighted by Gasteiger charge is 2.23. The molecule has 2 rings (SSSR count). The molecule has 1 fully saturated rings. The standard InChI is InChI=1S/C16H22FNO/c1-2-3-4-13-9-11-18(12-10-13)16(19)14-5-7-15(17)8-6-14/h5-8,13H,2-4,9-12H2,1H3. The Morgan fingerprint density at radius 3 is 2.47 bits per heavy atom. The highest BCUT2D eigenvalue weighted by atomic mass is 19.1. The van der Waals surface area contributed by atoms with Crippen LogP contribution in [0.15, 0.2) is 24.3 Å². The third-order valence-electron chi connectivity index (χ3n) is 3.96. The van der Waals surface area contributed by atoms with Crippen LogP contribution in [0, 0.1) is 11.7 Å². The van der Waals surface area contributed by atoms with E-state index in [-0.39, 0.29) is 11.7 Å². The maximum absolute atomic E-state index is 12.8. The number of likely N-dealkylation sites (tertiary alicyclic amines) is 1. The Balaban J connectivity index is 1.87. The van der Waals surface area contributed by atoms with Gasteiger partial charge < -0.3 is 4.90 Å². The van der Waals surface area contributed by atoms with E-state index >= 15 is 0 Å². The van der Waals surface area contributed by atoms with Crippen LogP contribution in [0.2, 0.25) is 0 Å². The first-order valence-electron chi connectivity index (χ1n) is 7.25. The number of benzene rings is 1. The van der Waals surface area contributed by atoms with Crippen molar-refractivity contribution < 1.29 is 9.18 Å². The number of nitrogens with zero attached hydrogens (tertiary/aromatic N) is 1. The fourth-order valence-corrected chi connectivity index (χ4v) is 2.69. The van der Waals surface area contributed by atoms with E-state index in [4.69, 9.17) is 0 Å². The van der Waals surface area contributed by atoms with Crippen LogP contribution in [-0.4, -0.2) is 23.9 Å². The Hall–Kier alpha value is -1.38. The number of hydrogen-bond donors (Lipinski definition) is 0. The lowest BCUT2D eigenvalue weighted by atomic mass is 9.91. The third-order valence-corrected chi connectivity index (χ3v) is 3.96. The summed E-state index contributed by atoms with van der Waals surface area (Å²) in [4.78, 5) is 14.1. The second-order valence-corrected chi connectivity index (χ2v) is 5.38. The topological polar surface area (TPSA) is 20.3 Å². The predicted octanol–water partition coefficient (Wildman–Crippen LogP) is 3.87. The third kappa shape index (κ3) is 3.79. The molecule has 1 heterocycles. The number of unbranched alkanes of at least 4 members (excludes halogenated alkanes) is 1. The quantitative estimate of drug-likeness (QED) is 0.807. The normalized spacial score (nSPS) is 16.6. The van der Waals surface area contributed by atoms with Gasteiger partial charge in [-0.25, -0.2) is 4.39 Å². The number of amides is 1. The van der Waals surface area contributed by atoms with Gasteiger partial charge in [0.2, 0.25) is 0 Å². The van der Waals surface area contributed by atoms with E-state index in [1.807, 2.05) is 4.90 Å². The van der Waals surface area contributed by atoms with Gasteiger partial charge in [-0.1, -0.05) is 26.2 Å². The minimum Gasteiger partial charge on any atom is -0.339 e. The molecule has 0 spiro atoms. The monoisotopic (exact) mass is 263 g/mol. The van der Waals surface area contributed by atoms with Crippen molar-refractivity contribution in [2.75, 3.05) is 13.1 Å². The summed E-state index contributed by atoms with van der Waals surface area (Å²) in [5.74, 6) is 0.515. The smallest absolute Gasteiger partial charge is 0.253 e. The molecule has 0 atom stereocenters. The molecule has 19 heavy (non-hydrogen) atoms. The molecule has 1 aliphatic rings. The van der Waals surface area contributed by atoms with Gasteiger partial charge in [0.25, 0.3) is 5.91 Å². The zero-order chi connectivity index (χ0) is 13.7. The number of carbonyl (C=O) groups excluding carboxylic acids is 1. The van der Waals surface area contributed by atoms with Crippen LogP contribution in [0.5, 0.6) is 0 Å². The van der Waals surface area contributed by atoms with E-state index in [2.05, 4.69) is 6.92 Å². The molecular formula is C16H22FNO. The van der Waals surface area contributed by atoms with Gasteiger partial charge in [0.1, 0.15) is 5.82 Å². The van der Waals surface area contributed by atoms with Crippen LogP contribution in [0.3, 0.4) is 0 Å². The summed E-state index contributed by atoms with van der Waals surface area (Å²) in [5, 5.41) is 0. The van der Waals surface area contributed by atoms with Crippen molar-refractivity contribution in [1.29, 1.82) is 0 Å². The van der Waals surface area contributed by atoms with Crippen LogP contribution in [0.25, 0.3) is 0 Å². The average Bonchev–Trinajstić information content (AvgIpc) is 2.46. The lowest BCUT2D eigenvalue weighted by Gasteiger charge is -2.32. The molecule has 0 saturated carbocycles. The molecule has 2 nitrogen and oxygen atoms in total. The summed E-state index contributed by atoms with van der Waals surface area (Å²) < 4.78 is 12.8. The second kappa shape index (κ2) is 6.69. The predicted molar refractivity (Wildman–Crippen MR) is 74.6 cm³/mol. The van der Waals surface area contributed by atoms with Crippen molar-refractivity contribution in [3.05, 3.63) is 35.6 Å². The van der Waals surface area contributed by atoms with Gasteiger partial charge in [0.05, 0.1) is 0 Å². The second-order valence-electron chi connectivity index (χ2n) is 5.38. The molecular weight excluding hydrogens is 241 g/mol. The Morgan fingerprint density at radius 2 is 1.89 bits per heavy atom. The van der Waals surface area contributed by atoms with Crippen LogP contribution >= 0.6 is 0 Å². The molecule has 0 bridgehead atoms. The molecule has 104 valence electrons. The molecule has 1 aromatic carbocycles. The van der Waals surface area contributed by atoms with Gasteiger partial charge >= 0.3 is 0 Å². The lowest BCUT2D eigenvalue weighted by Crippen LogP contribution is -2.38. The van der Waals surface area contributed by atoms with Crippen molar-refractivity contribution in [2.45, 2.75) is 39.0 Å². The minimum absolute atomic E-state index is 0.0361. The maximum atomic E-state index is 12.8. The van der Waals surface area contributed by atoms with E-state index in [1.54, 1.807) is 12.1 Å². The van der Waals surface area contributed by atoms with Crippen molar-refractivity contribution in [2.24, 2.45) is 5.92 Å². The fourth-order valence-electron chi connectivity index (χ4n) is 2.69. The summed E-state index contributed by atoms with van der Waals surface area (Å²) in [6, 6.07) is 5.84. The Kier molecular flexibility index (Phi) is 4.94. The van der Waals surface area contributed by atoms with Gasteiger partial charge in [-0.05, 0) is 43.0 Å². The number of rotatable bonds is 4. The highest BCUT2D eigenvalue weighted by molar-refractivity contribution is 5.94. The Morgan fingerprint density at radius 1 is 1.26 bits per heavy atom. The molecule has 0 N–H and O–H groups in total. The molecule has 1 saturated heterocycles. The first-order chi connectivity index (χ1) is 9.20. The van der Waals surface area contributed by atoms with Gasteiger partial charge in [-0.15, -0.1) is 0 Å². The summed E-state index contributed by atoms with van der Waals surface area (Å²) >= 11 is 0. The Labute approximate surface area is 114 Å². The molecule has 1 aliphatic heterocycles. The number of hydrogen-bond acceptors (Lipinski definition) is 1. The molecule has 0 radical (unpaired) electrons. The zero-order valence-corrected chi connectivity index (χ0v) is 11.6. The first kappa shape index (κ1) is 14.0. The molecule has 0 aromatic heterocycles. The first-order valence-corrected chi connectivity index (χ1v) is 7.25. The molecule has 0 unspecified atom stereocenters. The molecule has 1 aromatic rings. The summed E-state index contributed by atoms with van der Waals surface area (Å²) in [7, 11) is 0. The Bertz CT molecular complexity index is 407. The van der Waals surface area contributed by atoms with Crippen LogP contribution < -0.4 is 0 Å².